The van der Waals surface area contributed by atoms with Gasteiger partial charge in [0.1, 0.15) is 11.1 Å². The highest BCUT2D eigenvalue weighted by Crippen LogP contribution is 2.61. The Kier molecular flexibility index (Phi) is 3.95. The van der Waals surface area contributed by atoms with E-state index in [0.717, 1.165) is 54.8 Å². The van der Waals surface area contributed by atoms with Crippen LogP contribution >= 0.6 is 11.6 Å². The second-order valence-corrected chi connectivity index (χ2v) is 10.7. The zero-order chi connectivity index (χ0) is 21.4. The van der Waals surface area contributed by atoms with Crippen LogP contribution in [0.3, 0.4) is 0 Å². The Morgan fingerprint density at radius 2 is 1.94 bits per heavy atom. The van der Waals surface area contributed by atoms with E-state index < -0.39 is 5.41 Å². The number of benzene rings is 1. The Morgan fingerprint density at radius 3 is 2.74 bits per heavy atom. The molecule has 3 aromatic rings. The lowest BCUT2D eigenvalue weighted by molar-refractivity contribution is -0.124. The fraction of sp³-hybridized carbons (Fsp3) is 0.440. The minimum Gasteiger partial charge on any atom is -0.325 e. The number of halogens is 1. The third kappa shape index (κ3) is 2.48. The number of fused-ring (bicyclic) bond motifs is 4. The predicted molar refractivity (Wildman–Crippen MR) is 123 cm³/mol. The van der Waals surface area contributed by atoms with Crippen molar-refractivity contribution in [3.05, 3.63) is 65.1 Å². The van der Waals surface area contributed by atoms with Gasteiger partial charge in [0.25, 0.3) is 0 Å². The van der Waals surface area contributed by atoms with Gasteiger partial charge in [-0.25, -0.2) is 4.98 Å². The van der Waals surface area contributed by atoms with Gasteiger partial charge in [0, 0.05) is 46.8 Å². The SMILES string of the molecule is CC1(C)CCC2(CC1)NC[C@H](c1cnc3ccccn13)[C@]21C(=O)Nc2cc(Cl)ccc21. The number of hydrogen-bond acceptors (Lipinski definition) is 3. The Balaban J connectivity index is 1.60. The summed E-state index contributed by atoms with van der Waals surface area (Å²) in [5, 5.41) is 7.75. The van der Waals surface area contributed by atoms with Gasteiger partial charge in [-0.2, -0.15) is 0 Å². The van der Waals surface area contributed by atoms with Crippen LogP contribution in [0, 0.1) is 5.41 Å². The van der Waals surface area contributed by atoms with Crippen molar-refractivity contribution in [2.45, 2.75) is 56.4 Å². The van der Waals surface area contributed by atoms with Crippen molar-refractivity contribution in [2.24, 2.45) is 5.41 Å². The lowest BCUT2D eigenvalue weighted by atomic mass is 9.54. The number of imidazole rings is 1. The summed E-state index contributed by atoms with van der Waals surface area (Å²) >= 11 is 6.31. The fourth-order valence-corrected chi connectivity index (χ4v) is 6.68. The van der Waals surface area contributed by atoms with Crippen molar-refractivity contribution >= 4 is 28.8 Å². The molecule has 0 radical (unpaired) electrons. The monoisotopic (exact) mass is 434 g/mol. The van der Waals surface area contributed by atoms with E-state index in [4.69, 9.17) is 11.6 Å². The summed E-state index contributed by atoms with van der Waals surface area (Å²) in [6, 6.07) is 11.9. The lowest BCUT2D eigenvalue weighted by Gasteiger charge is -2.50. The summed E-state index contributed by atoms with van der Waals surface area (Å²) in [6.45, 7) is 5.43. The number of nitrogens with one attached hydrogen (secondary N) is 2. The average molecular weight is 435 g/mol. The molecule has 1 amide bonds. The van der Waals surface area contributed by atoms with E-state index >= 15 is 0 Å². The normalized spacial score (nSPS) is 28.4. The molecule has 4 heterocycles. The molecule has 1 saturated carbocycles. The molecule has 1 aliphatic carbocycles. The molecule has 2 aliphatic heterocycles. The first kappa shape index (κ1) is 19.3. The van der Waals surface area contributed by atoms with Crippen molar-refractivity contribution in [1.29, 1.82) is 0 Å². The summed E-state index contributed by atoms with van der Waals surface area (Å²) in [5.41, 5.74) is 3.25. The lowest BCUT2D eigenvalue weighted by Crippen LogP contribution is -2.61. The van der Waals surface area contributed by atoms with Gasteiger partial charge in [0.2, 0.25) is 5.91 Å². The maximum Gasteiger partial charge on any atom is 0.237 e. The number of anilines is 1. The Labute approximate surface area is 187 Å². The molecule has 31 heavy (non-hydrogen) atoms. The van der Waals surface area contributed by atoms with Crippen LogP contribution in [0.2, 0.25) is 5.02 Å². The molecule has 2 spiro atoms. The minimum atomic E-state index is -0.685. The van der Waals surface area contributed by atoms with Gasteiger partial charge in [0.15, 0.2) is 0 Å². The summed E-state index contributed by atoms with van der Waals surface area (Å²) in [6.07, 6.45) is 8.15. The topological polar surface area (TPSA) is 58.4 Å². The van der Waals surface area contributed by atoms with E-state index in [0.29, 0.717) is 10.4 Å². The molecule has 2 aromatic heterocycles. The van der Waals surface area contributed by atoms with Gasteiger partial charge in [-0.05, 0) is 60.9 Å². The number of rotatable bonds is 1. The van der Waals surface area contributed by atoms with Crippen molar-refractivity contribution in [2.75, 3.05) is 11.9 Å². The zero-order valence-corrected chi connectivity index (χ0v) is 18.7. The highest BCUT2D eigenvalue weighted by Gasteiger charge is 2.69. The fourth-order valence-electron chi connectivity index (χ4n) is 6.51. The Morgan fingerprint density at radius 1 is 1.13 bits per heavy atom. The van der Waals surface area contributed by atoms with Crippen molar-refractivity contribution in [3.8, 4) is 0 Å². The molecule has 1 aromatic carbocycles. The maximum atomic E-state index is 14.0. The highest BCUT2D eigenvalue weighted by atomic mass is 35.5. The van der Waals surface area contributed by atoms with E-state index in [9.17, 15) is 4.79 Å². The van der Waals surface area contributed by atoms with Gasteiger partial charge in [-0.1, -0.05) is 37.6 Å². The molecule has 2 atom stereocenters. The van der Waals surface area contributed by atoms with Crippen LogP contribution in [-0.4, -0.2) is 27.4 Å². The highest BCUT2D eigenvalue weighted by molar-refractivity contribution is 6.31. The third-order valence-electron chi connectivity index (χ3n) is 8.19. The third-order valence-corrected chi connectivity index (χ3v) is 8.43. The Hall–Kier alpha value is -2.37. The average Bonchev–Trinajstić information content (AvgIpc) is 3.39. The predicted octanol–water partition coefficient (Wildman–Crippen LogP) is 4.90. The molecule has 3 aliphatic rings. The Bertz CT molecular complexity index is 1210. The second-order valence-electron chi connectivity index (χ2n) is 10.2. The zero-order valence-electron chi connectivity index (χ0n) is 17.9. The van der Waals surface area contributed by atoms with Gasteiger partial charge in [0.05, 0.1) is 0 Å². The summed E-state index contributed by atoms with van der Waals surface area (Å²) in [5.74, 6) is 0.0684. The summed E-state index contributed by atoms with van der Waals surface area (Å²) < 4.78 is 2.14. The molecule has 0 bridgehead atoms. The molecule has 6 rings (SSSR count). The first-order chi connectivity index (χ1) is 14.9. The summed E-state index contributed by atoms with van der Waals surface area (Å²) in [7, 11) is 0. The number of carbonyl (C=O) groups excluding carboxylic acids is 1. The molecule has 2 fully saturated rings. The van der Waals surface area contributed by atoms with Crippen molar-refractivity contribution < 1.29 is 4.79 Å². The van der Waals surface area contributed by atoms with E-state index in [1.54, 1.807) is 0 Å². The number of pyridine rings is 1. The largest absolute Gasteiger partial charge is 0.325 e. The number of aromatic nitrogens is 2. The quantitative estimate of drug-likeness (QED) is 0.572. The van der Waals surface area contributed by atoms with Crippen LogP contribution in [0.25, 0.3) is 5.65 Å². The van der Waals surface area contributed by atoms with E-state index in [1.165, 1.54) is 0 Å². The standard InChI is InChI=1S/C25H27ClN4O/c1-23(2)8-10-24(11-9-23)25(17-7-6-16(26)13-19(17)29-22(25)31)18(14-28-24)20-15-27-21-5-3-4-12-30(20)21/h3-7,12-13,15,18,28H,8-11,14H2,1-2H3,(H,29,31)/t18-,25-/m1/s1. The first-order valence-electron chi connectivity index (χ1n) is 11.1. The molecular formula is C25H27ClN4O. The molecule has 2 N–H and O–H groups in total. The van der Waals surface area contributed by atoms with Crippen LogP contribution in [0.5, 0.6) is 0 Å². The van der Waals surface area contributed by atoms with Gasteiger partial charge in [-0.3, -0.25) is 4.79 Å². The maximum absolute atomic E-state index is 14.0. The van der Waals surface area contributed by atoms with E-state index in [2.05, 4.69) is 46.1 Å². The number of hydrogen-bond donors (Lipinski definition) is 2. The van der Waals surface area contributed by atoms with Crippen molar-refractivity contribution in [3.63, 3.8) is 0 Å². The van der Waals surface area contributed by atoms with Crippen molar-refractivity contribution in [1.82, 2.24) is 14.7 Å². The second kappa shape index (κ2) is 6.33. The minimum absolute atomic E-state index is 0.0199. The first-order valence-corrected chi connectivity index (χ1v) is 11.5. The molecule has 160 valence electrons. The molecule has 5 nitrogen and oxygen atoms in total. The number of amides is 1. The smallest absolute Gasteiger partial charge is 0.237 e. The summed E-state index contributed by atoms with van der Waals surface area (Å²) in [4.78, 5) is 18.7. The molecule has 6 heteroatoms. The van der Waals surface area contributed by atoms with Gasteiger partial charge < -0.3 is 15.0 Å². The van der Waals surface area contributed by atoms with Crippen LogP contribution < -0.4 is 10.6 Å². The molecule has 0 unspecified atom stereocenters. The van der Waals surface area contributed by atoms with E-state index in [1.807, 2.05) is 36.5 Å². The number of carbonyl (C=O) groups is 1. The molecular weight excluding hydrogens is 408 g/mol. The van der Waals surface area contributed by atoms with E-state index in [-0.39, 0.29) is 17.4 Å². The van der Waals surface area contributed by atoms with Crippen LogP contribution in [0.15, 0.2) is 48.8 Å². The number of nitrogens with zero attached hydrogens (tertiary/aromatic N) is 2. The molecule has 1 saturated heterocycles. The van der Waals surface area contributed by atoms with Gasteiger partial charge in [-0.15, -0.1) is 0 Å². The van der Waals surface area contributed by atoms with Crippen LogP contribution in [0.4, 0.5) is 5.69 Å². The van der Waals surface area contributed by atoms with Gasteiger partial charge >= 0.3 is 0 Å². The van der Waals surface area contributed by atoms with Crippen LogP contribution in [0.1, 0.15) is 56.7 Å². The van der Waals surface area contributed by atoms with Crippen LogP contribution in [-0.2, 0) is 10.2 Å².